The first-order chi connectivity index (χ1) is 9.56. The number of benzene rings is 2. The van der Waals surface area contributed by atoms with E-state index in [1.165, 1.54) is 27.8 Å². The third-order valence-corrected chi connectivity index (χ3v) is 4.04. The van der Waals surface area contributed by atoms with E-state index in [4.69, 9.17) is 0 Å². The third-order valence-electron chi connectivity index (χ3n) is 4.04. The maximum atomic E-state index is 2.29. The lowest BCUT2D eigenvalue weighted by Crippen LogP contribution is -2.01. The normalized spacial score (nSPS) is 11.3. The zero-order valence-electron chi connectivity index (χ0n) is 13.4. The Morgan fingerprint density at radius 1 is 0.750 bits per heavy atom. The Kier molecular flexibility index (Phi) is 4.65. The number of hydrogen-bond acceptors (Lipinski definition) is 0. The number of aryl methyl sites for hydroxylation is 1. The van der Waals surface area contributed by atoms with Crippen molar-refractivity contribution in [3.8, 4) is 11.1 Å². The molecule has 0 aliphatic rings. The van der Waals surface area contributed by atoms with Gasteiger partial charge in [-0.15, -0.1) is 0 Å². The third kappa shape index (κ3) is 2.80. The Balaban J connectivity index is 2.76. The predicted octanol–water partition coefficient (Wildman–Crippen LogP) is 6.16. The summed E-state index contributed by atoms with van der Waals surface area (Å²) in [5.41, 5.74) is 7.27. The molecule has 0 nitrogen and oxygen atoms in total. The molecule has 0 aliphatic carbocycles. The zero-order chi connectivity index (χ0) is 14.7. The first-order valence-corrected chi connectivity index (χ1v) is 7.77. The molecule has 2 rings (SSSR count). The molecule has 0 spiro atoms. The van der Waals surface area contributed by atoms with E-state index in [2.05, 4.69) is 77.1 Å². The Labute approximate surface area is 123 Å². The van der Waals surface area contributed by atoms with Crippen molar-refractivity contribution >= 4 is 0 Å². The van der Waals surface area contributed by atoms with E-state index < -0.39 is 0 Å². The number of rotatable bonds is 4. The van der Waals surface area contributed by atoms with Crippen molar-refractivity contribution < 1.29 is 0 Å². The van der Waals surface area contributed by atoms with Crippen molar-refractivity contribution in [2.24, 2.45) is 0 Å². The van der Waals surface area contributed by atoms with Gasteiger partial charge in [-0.3, -0.25) is 0 Å². The van der Waals surface area contributed by atoms with Gasteiger partial charge in [0, 0.05) is 0 Å². The highest BCUT2D eigenvalue weighted by Crippen LogP contribution is 2.37. The summed E-state index contributed by atoms with van der Waals surface area (Å²) in [5.74, 6) is 1.10. The van der Waals surface area contributed by atoms with Gasteiger partial charge in [-0.25, -0.2) is 0 Å². The van der Waals surface area contributed by atoms with Gasteiger partial charge in [-0.1, -0.05) is 77.1 Å². The average Bonchev–Trinajstić information content (AvgIpc) is 2.46. The van der Waals surface area contributed by atoms with Crippen LogP contribution in [-0.4, -0.2) is 0 Å². The second-order valence-electron chi connectivity index (χ2n) is 6.13. The fourth-order valence-corrected chi connectivity index (χ4v) is 2.93. The Morgan fingerprint density at radius 2 is 1.30 bits per heavy atom. The van der Waals surface area contributed by atoms with Crippen LogP contribution in [0.25, 0.3) is 11.1 Å². The lowest BCUT2D eigenvalue weighted by atomic mass is 9.83. The average molecular weight is 266 g/mol. The van der Waals surface area contributed by atoms with Crippen LogP contribution in [-0.2, 0) is 6.42 Å². The monoisotopic (exact) mass is 266 g/mol. The minimum atomic E-state index is 0.550. The molecule has 0 unspecified atom stereocenters. The predicted molar refractivity (Wildman–Crippen MR) is 89.4 cm³/mol. The van der Waals surface area contributed by atoms with Crippen molar-refractivity contribution in [1.29, 1.82) is 0 Å². The van der Waals surface area contributed by atoms with Crippen molar-refractivity contribution in [3.63, 3.8) is 0 Å². The van der Waals surface area contributed by atoms with Crippen molar-refractivity contribution in [3.05, 3.63) is 59.2 Å². The summed E-state index contributed by atoms with van der Waals surface area (Å²) in [6.45, 7) is 11.4. The molecule has 0 heterocycles. The molecule has 2 aromatic carbocycles. The van der Waals surface area contributed by atoms with E-state index in [0.29, 0.717) is 11.8 Å². The second-order valence-corrected chi connectivity index (χ2v) is 6.13. The summed E-state index contributed by atoms with van der Waals surface area (Å²) in [6.07, 6.45) is 1.08. The first kappa shape index (κ1) is 14.8. The standard InChI is InChI=1S/C20H26/c1-6-16-10-7-8-11-19(16)20-17(14(2)3)12-9-13-18(20)15(4)5/h7-15H,6H2,1-5H3. The minimum Gasteiger partial charge on any atom is -0.0620 e. The molecular weight excluding hydrogens is 240 g/mol. The molecule has 0 radical (unpaired) electrons. The number of hydrogen-bond donors (Lipinski definition) is 0. The topological polar surface area (TPSA) is 0 Å². The Bertz CT molecular complexity index is 550. The largest absolute Gasteiger partial charge is 0.0620 e. The Morgan fingerprint density at radius 3 is 1.80 bits per heavy atom. The van der Waals surface area contributed by atoms with E-state index in [0.717, 1.165) is 6.42 Å². The van der Waals surface area contributed by atoms with Crippen molar-refractivity contribution in [1.82, 2.24) is 0 Å². The van der Waals surface area contributed by atoms with Crippen LogP contribution in [0.1, 0.15) is 63.1 Å². The highest BCUT2D eigenvalue weighted by atomic mass is 14.2. The molecule has 0 heteroatoms. The highest BCUT2D eigenvalue weighted by Gasteiger charge is 2.16. The van der Waals surface area contributed by atoms with Gasteiger partial charge < -0.3 is 0 Å². The molecule has 0 saturated heterocycles. The van der Waals surface area contributed by atoms with Crippen LogP contribution in [0.15, 0.2) is 42.5 Å². The molecule has 0 saturated carbocycles. The zero-order valence-corrected chi connectivity index (χ0v) is 13.4. The maximum absolute atomic E-state index is 2.29. The summed E-state index contributed by atoms with van der Waals surface area (Å²) >= 11 is 0. The van der Waals surface area contributed by atoms with E-state index in [1.807, 2.05) is 0 Å². The van der Waals surface area contributed by atoms with E-state index in [9.17, 15) is 0 Å². The molecule has 0 aliphatic heterocycles. The molecule has 0 amide bonds. The molecule has 106 valence electrons. The van der Waals surface area contributed by atoms with E-state index in [-0.39, 0.29) is 0 Å². The van der Waals surface area contributed by atoms with Crippen LogP contribution in [0.3, 0.4) is 0 Å². The van der Waals surface area contributed by atoms with Crippen LogP contribution >= 0.6 is 0 Å². The van der Waals surface area contributed by atoms with E-state index in [1.54, 1.807) is 0 Å². The van der Waals surface area contributed by atoms with Crippen LogP contribution in [0.5, 0.6) is 0 Å². The van der Waals surface area contributed by atoms with E-state index >= 15 is 0 Å². The lowest BCUT2D eigenvalue weighted by Gasteiger charge is -2.21. The van der Waals surface area contributed by atoms with Gasteiger partial charge in [0.15, 0.2) is 0 Å². The van der Waals surface area contributed by atoms with Crippen LogP contribution in [0.2, 0.25) is 0 Å². The fourth-order valence-electron chi connectivity index (χ4n) is 2.93. The molecule has 0 atom stereocenters. The van der Waals surface area contributed by atoms with Gasteiger partial charge in [0.1, 0.15) is 0 Å². The molecule has 0 fully saturated rings. The summed E-state index contributed by atoms with van der Waals surface area (Å²) in [6, 6.07) is 15.6. The van der Waals surface area contributed by atoms with Gasteiger partial charge in [0.25, 0.3) is 0 Å². The summed E-state index contributed by atoms with van der Waals surface area (Å²) < 4.78 is 0. The minimum absolute atomic E-state index is 0.550. The van der Waals surface area contributed by atoms with Gasteiger partial charge in [0.05, 0.1) is 0 Å². The van der Waals surface area contributed by atoms with Crippen LogP contribution < -0.4 is 0 Å². The van der Waals surface area contributed by atoms with Crippen LogP contribution in [0, 0.1) is 0 Å². The molecule has 0 aromatic heterocycles. The molecule has 20 heavy (non-hydrogen) atoms. The highest BCUT2D eigenvalue weighted by molar-refractivity contribution is 5.75. The molecule has 2 aromatic rings. The summed E-state index contributed by atoms with van der Waals surface area (Å²) in [4.78, 5) is 0. The van der Waals surface area contributed by atoms with Gasteiger partial charge in [-0.05, 0) is 46.1 Å². The van der Waals surface area contributed by atoms with Gasteiger partial charge in [-0.2, -0.15) is 0 Å². The molecule has 0 N–H and O–H groups in total. The van der Waals surface area contributed by atoms with Crippen molar-refractivity contribution in [2.45, 2.75) is 52.9 Å². The van der Waals surface area contributed by atoms with Gasteiger partial charge in [0.2, 0.25) is 0 Å². The van der Waals surface area contributed by atoms with Crippen molar-refractivity contribution in [2.75, 3.05) is 0 Å². The maximum Gasteiger partial charge on any atom is -0.0112 e. The first-order valence-electron chi connectivity index (χ1n) is 7.77. The summed E-state index contributed by atoms with van der Waals surface area (Å²) in [7, 11) is 0. The SMILES string of the molecule is CCc1ccccc1-c1c(C(C)C)cccc1C(C)C. The molecular formula is C20H26. The van der Waals surface area contributed by atoms with Gasteiger partial charge >= 0.3 is 0 Å². The quantitative estimate of drug-likeness (QED) is 0.621. The smallest absolute Gasteiger partial charge is 0.0112 e. The summed E-state index contributed by atoms with van der Waals surface area (Å²) in [5, 5.41) is 0. The van der Waals surface area contributed by atoms with Crippen LogP contribution in [0.4, 0.5) is 0 Å². The lowest BCUT2D eigenvalue weighted by molar-refractivity contribution is 0.837. The molecule has 0 bridgehead atoms. The Hall–Kier alpha value is -1.56. The second kappa shape index (κ2) is 6.26. The fraction of sp³-hybridized carbons (Fsp3) is 0.400.